The Morgan fingerprint density at radius 1 is 1.40 bits per heavy atom. The highest BCUT2D eigenvalue weighted by Crippen LogP contribution is 2.25. The maximum atomic E-state index is 5.92. The highest BCUT2D eigenvalue weighted by molar-refractivity contribution is 5.35. The maximum absolute atomic E-state index is 5.92. The first-order valence-corrected chi connectivity index (χ1v) is 7.14. The molecule has 1 fully saturated rings. The average molecular weight is 272 g/mol. The molecule has 1 aromatic heterocycles. The molecule has 0 spiro atoms. The lowest BCUT2D eigenvalue weighted by atomic mass is 10.00. The summed E-state index contributed by atoms with van der Waals surface area (Å²) >= 11 is 0. The molecular weight excluding hydrogens is 252 g/mol. The molecule has 2 heterocycles. The van der Waals surface area contributed by atoms with Gasteiger partial charge < -0.3 is 14.5 Å². The largest absolute Gasteiger partial charge is 0.496 e. The molecule has 1 N–H and O–H groups in total. The van der Waals surface area contributed by atoms with E-state index >= 15 is 0 Å². The Morgan fingerprint density at radius 2 is 2.30 bits per heavy atom. The Labute approximate surface area is 119 Å². The fourth-order valence-electron chi connectivity index (χ4n) is 2.69. The van der Waals surface area contributed by atoms with Crippen molar-refractivity contribution in [2.45, 2.75) is 25.2 Å². The predicted molar refractivity (Wildman–Crippen MR) is 77.1 cm³/mol. The van der Waals surface area contributed by atoms with Crippen LogP contribution in [-0.2, 0) is 6.42 Å². The summed E-state index contributed by atoms with van der Waals surface area (Å²) in [5.41, 5.74) is 1.12. The van der Waals surface area contributed by atoms with Crippen molar-refractivity contribution in [2.24, 2.45) is 0 Å². The summed E-state index contributed by atoms with van der Waals surface area (Å²) in [6.07, 6.45) is 4.91. The number of hydrogen-bond acceptors (Lipinski definition) is 4. The fraction of sp³-hybridized carbons (Fsp3) is 0.438. The monoisotopic (exact) mass is 272 g/mol. The molecule has 0 bridgehead atoms. The fourth-order valence-corrected chi connectivity index (χ4v) is 2.69. The zero-order valence-electron chi connectivity index (χ0n) is 11.8. The summed E-state index contributed by atoms with van der Waals surface area (Å²) in [4.78, 5) is 4.44. The summed E-state index contributed by atoms with van der Waals surface area (Å²) < 4.78 is 11.3. The van der Waals surface area contributed by atoms with Gasteiger partial charge in [0, 0.05) is 24.4 Å². The van der Waals surface area contributed by atoms with E-state index < -0.39 is 0 Å². The quantitative estimate of drug-likeness (QED) is 0.929. The Balaban J connectivity index is 1.73. The van der Waals surface area contributed by atoms with Crippen LogP contribution in [0.15, 0.2) is 34.9 Å². The van der Waals surface area contributed by atoms with Crippen molar-refractivity contribution < 1.29 is 9.15 Å². The van der Waals surface area contributed by atoms with Crippen LogP contribution < -0.4 is 10.1 Å². The Kier molecular flexibility index (Phi) is 4.02. The van der Waals surface area contributed by atoms with Gasteiger partial charge in [0.15, 0.2) is 5.89 Å². The molecular formula is C16H20N2O2. The van der Waals surface area contributed by atoms with Crippen LogP contribution in [0, 0.1) is 0 Å². The molecule has 1 saturated heterocycles. The smallest absolute Gasteiger partial charge is 0.198 e. The summed E-state index contributed by atoms with van der Waals surface area (Å²) in [5, 5.41) is 3.39. The summed E-state index contributed by atoms with van der Waals surface area (Å²) in [5.74, 6) is 3.07. The molecule has 0 saturated carbocycles. The molecule has 3 rings (SSSR count). The summed E-state index contributed by atoms with van der Waals surface area (Å²) in [6, 6.07) is 8.02. The zero-order valence-corrected chi connectivity index (χ0v) is 11.8. The minimum Gasteiger partial charge on any atom is -0.496 e. The lowest BCUT2D eigenvalue weighted by Crippen LogP contribution is -2.28. The van der Waals surface area contributed by atoms with E-state index in [0.717, 1.165) is 48.9 Å². The molecule has 106 valence electrons. The van der Waals surface area contributed by atoms with Crippen molar-refractivity contribution in [2.75, 3.05) is 20.2 Å². The van der Waals surface area contributed by atoms with Gasteiger partial charge in [-0.05, 0) is 25.5 Å². The second-order valence-electron chi connectivity index (χ2n) is 5.20. The van der Waals surface area contributed by atoms with Gasteiger partial charge in [-0.15, -0.1) is 0 Å². The van der Waals surface area contributed by atoms with Gasteiger partial charge in [0.05, 0.1) is 13.3 Å². The first kappa shape index (κ1) is 13.2. The maximum Gasteiger partial charge on any atom is 0.198 e. The molecule has 1 unspecified atom stereocenters. The minimum atomic E-state index is 0.412. The number of ether oxygens (including phenoxy) is 1. The number of piperidine rings is 1. The molecule has 20 heavy (non-hydrogen) atoms. The van der Waals surface area contributed by atoms with Crippen molar-refractivity contribution in [1.29, 1.82) is 0 Å². The van der Waals surface area contributed by atoms with E-state index in [2.05, 4.69) is 16.4 Å². The summed E-state index contributed by atoms with van der Waals surface area (Å²) in [6.45, 7) is 2.07. The first-order chi connectivity index (χ1) is 9.86. The van der Waals surface area contributed by atoms with Gasteiger partial charge >= 0.3 is 0 Å². The topological polar surface area (TPSA) is 47.3 Å². The highest BCUT2D eigenvalue weighted by atomic mass is 16.5. The van der Waals surface area contributed by atoms with E-state index in [9.17, 15) is 0 Å². The number of nitrogens with one attached hydrogen (secondary N) is 1. The van der Waals surface area contributed by atoms with Crippen molar-refractivity contribution in [3.05, 3.63) is 47.7 Å². The number of nitrogens with zero attached hydrogens (tertiary/aromatic N) is 1. The van der Waals surface area contributed by atoms with Gasteiger partial charge in [-0.25, -0.2) is 4.98 Å². The van der Waals surface area contributed by atoms with Gasteiger partial charge in [-0.2, -0.15) is 0 Å². The van der Waals surface area contributed by atoms with Crippen molar-refractivity contribution >= 4 is 0 Å². The van der Waals surface area contributed by atoms with Crippen molar-refractivity contribution in [3.8, 4) is 5.75 Å². The van der Waals surface area contributed by atoms with Gasteiger partial charge in [-0.3, -0.25) is 0 Å². The van der Waals surface area contributed by atoms with Gasteiger partial charge in [0.1, 0.15) is 11.5 Å². The number of aromatic nitrogens is 1. The first-order valence-electron chi connectivity index (χ1n) is 7.14. The Hall–Kier alpha value is -1.81. The van der Waals surface area contributed by atoms with E-state index in [0.29, 0.717) is 5.92 Å². The third kappa shape index (κ3) is 2.85. The summed E-state index contributed by atoms with van der Waals surface area (Å²) in [7, 11) is 1.69. The lowest BCUT2D eigenvalue weighted by Gasteiger charge is -2.19. The van der Waals surface area contributed by atoms with Crippen LogP contribution in [0.4, 0.5) is 0 Å². The van der Waals surface area contributed by atoms with Crippen LogP contribution in [-0.4, -0.2) is 25.2 Å². The zero-order chi connectivity index (χ0) is 13.8. The standard InChI is InChI=1S/C16H20N2O2/c1-19-15-7-3-2-5-12(15)9-14-11-18-16(20-14)13-6-4-8-17-10-13/h2-3,5,7,11,13,17H,4,6,8-10H2,1H3. The van der Waals surface area contributed by atoms with Crippen LogP contribution in [0.1, 0.15) is 36.0 Å². The third-order valence-electron chi connectivity index (χ3n) is 3.77. The number of methoxy groups -OCH3 is 1. The minimum absolute atomic E-state index is 0.412. The number of para-hydroxylation sites is 1. The van der Waals surface area contributed by atoms with E-state index in [1.165, 1.54) is 6.42 Å². The molecule has 0 aliphatic carbocycles. The second kappa shape index (κ2) is 6.09. The van der Waals surface area contributed by atoms with Gasteiger partial charge in [0.25, 0.3) is 0 Å². The number of benzene rings is 1. The molecule has 1 aliphatic heterocycles. The Bertz CT molecular complexity index is 559. The number of oxazole rings is 1. The highest BCUT2D eigenvalue weighted by Gasteiger charge is 2.20. The van der Waals surface area contributed by atoms with Crippen molar-refractivity contribution in [3.63, 3.8) is 0 Å². The normalized spacial score (nSPS) is 18.9. The van der Waals surface area contributed by atoms with Crippen LogP contribution >= 0.6 is 0 Å². The molecule has 1 aliphatic rings. The SMILES string of the molecule is COc1ccccc1Cc1cnc(C2CCCNC2)o1. The van der Waals surface area contributed by atoms with E-state index in [-0.39, 0.29) is 0 Å². The molecule has 2 aromatic rings. The average Bonchev–Trinajstić information content (AvgIpc) is 2.97. The lowest BCUT2D eigenvalue weighted by molar-refractivity contribution is 0.364. The van der Waals surface area contributed by atoms with E-state index in [1.807, 2.05) is 24.4 Å². The molecule has 4 nitrogen and oxygen atoms in total. The van der Waals surface area contributed by atoms with Crippen LogP contribution in [0.25, 0.3) is 0 Å². The predicted octanol–water partition coefficient (Wildman–Crippen LogP) is 2.74. The van der Waals surface area contributed by atoms with Crippen LogP contribution in [0.5, 0.6) is 5.75 Å². The van der Waals surface area contributed by atoms with Crippen molar-refractivity contribution in [1.82, 2.24) is 10.3 Å². The Morgan fingerprint density at radius 3 is 3.10 bits per heavy atom. The van der Waals surface area contributed by atoms with Crippen LogP contribution in [0.3, 0.4) is 0 Å². The van der Waals surface area contributed by atoms with Crippen LogP contribution in [0.2, 0.25) is 0 Å². The van der Waals surface area contributed by atoms with Gasteiger partial charge in [0.2, 0.25) is 0 Å². The second-order valence-corrected chi connectivity index (χ2v) is 5.20. The molecule has 4 heteroatoms. The number of hydrogen-bond donors (Lipinski definition) is 1. The molecule has 1 aromatic carbocycles. The molecule has 0 radical (unpaired) electrons. The van der Waals surface area contributed by atoms with E-state index in [4.69, 9.17) is 9.15 Å². The molecule has 1 atom stereocenters. The van der Waals surface area contributed by atoms with Gasteiger partial charge in [-0.1, -0.05) is 18.2 Å². The third-order valence-corrected chi connectivity index (χ3v) is 3.77. The molecule has 0 amide bonds. The van der Waals surface area contributed by atoms with E-state index in [1.54, 1.807) is 7.11 Å². The number of rotatable bonds is 4.